The van der Waals surface area contributed by atoms with Gasteiger partial charge in [-0.1, -0.05) is 26.8 Å². The fourth-order valence-electron chi connectivity index (χ4n) is 2.07. The molecule has 0 spiro atoms. The number of carbonyl (C=O) groups is 1. The van der Waals surface area contributed by atoms with Crippen LogP contribution < -0.4 is 5.32 Å². The Morgan fingerprint density at radius 1 is 1.42 bits per heavy atom. The first-order chi connectivity index (χ1) is 8.80. The van der Waals surface area contributed by atoms with Crippen LogP contribution in [0, 0.1) is 0 Å². The maximum absolute atomic E-state index is 11.9. The number of hydrogen-bond acceptors (Lipinski definition) is 3. The second-order valence-corrected chi connectivity index (χ2v) is 6.44. The third-order valence-electron chi connectivity index (χ3n) is 3.72. The van der Waals surface area contributed by atoms with Gasteiger partial charge in [0.15, 0.2) is 0 Å². The fraction of sp³-hybridized carbons (Fsp3) is 0.600. The van der Waals surface area contributed by atoms with E-state index in [2.05, 4.69) is 31.1 Å². The van der Waals surface area contributed by atoms with Gasteiger partial charge in [-0.25, -0.2) is 0 Å². The lowest BCUT2D eigenvalue weighted by Gasteiger charge is -2.36. The van der Waals surface area contributed by atoms with Gasteiger partial charge in [0.2, 0.25) is 0 Å². The summed E-state index contributed by atoms with van der Waals surface area (Å²) in [6, 6.07) is 3.67. The van der Waals surface area contributed by atoms with Gasteiger partial charge >= 0.3 is 0 Å². The Morgan fingerprint density at radius 3 is 2.53 bits per heavy atom. The van der Waals surface area contributed by atoms with Crippen molar-refractivity contribution in [3.8, 4) is 0 Å². The maximum Gasteiger partial charge on any atom is 0.269 e. The molecular weight excluding hydrogens is 240 g/mol. The van der Waals surface area contributed by atoms with Crippen molar-refractivity contribution >= 4 is 5.91 Å². The zero-order valence-electron chi connectivity index (χ0n) is 11.9. The lowest BCUT2D eigenvalue weighted by atomic mass is 9.80. The van der Waals surface area contributed by atoms with Crippen LogP contribution in [0.2, 0.25) is 0 Å². The summed E-state index contributed by atoms with van der Waals surface area (Å²) in [5, 5.41) is 12.7. The molecule has 0 aromatic carbocycles. The first-order valence-electron chi connectivity index (χ1n) is 6.77. The molecule has 19 heavy (non-hydrogen) atoms. The summed E-state index contributed by atoms with van der Waals surface area (Å²) in [4.78, 5) is 16.1. The Labute approximate surface area is 114 Å². The summed E-state index contributed by atoms with van der Waals surface area (Å²) in [5.74, 6) is -0.221. The summed E-state index contributed by atoms with van der Waals surface area (Å²) >= 11 is 0. The van der Waals surface area contributed by atoms with Crippen molar-refractivity contribution < 1.29 is 9.90 Å². The van der Waals surface area contributed by atoms with Crippen LogP contribution in [-0.4, -0.2) is 28.1 Å². The molecule has 104 valence electrons. The van der Waals surface area contributed by atoms with E-state index < -0.39 is 5.60 Å². The SMILES string of the molecule is CC(C)(C)c1ccc(C(=O)NCC2(O)CCC2)nc1. The fourth-order valence-corrected chi connectivity index (χ4v) is 2.07. The van der Waals surface area contributed by atoms with Crippen molar-refractivity contribution in [3.63, 3.8) is 0 Å². The molecule has 0 radical (unpaired) electrons. The summed E-state index contributed by atoms with van der Waals surface area (Å²) in [7, 11) is 0. The van der Waals surface area contributed by atoms with Crippen LogP contribution in [0.1, 0.15) is 56.1 Å². The smallest absolute Gasteiger partial charge is 0.269 e. The Morgan fingerprint density at radius 2 is 2.11 bits per heavy atom. The van der Waals surface area contributed by atoms with Crippen molar-refractivity contribution in [2.45, 2.75) is 51.0 Å². The average molecular weight is 262 g/mol. The quantitative estimate of drug-likeness (QED) is 0.876. The zero-order valence-corrected chi connectivity index (χ0v) is 11.9. The molecule has 0 atom stereocenters. The molecule has 1 heterocycles. The molecule has 1 aliphatic carbocycles. The Balaban J connectivity index is 1.96. The van der Waals surface area contributed by atoms with E-state index in [9.17, 15) is 9.90 Å². The minimum atomic E-state index is -0.693. The van der Waals surface area contributed by atoms with Crippen molar-refractivity contribution in [3.05, 3.63) is 29.6 Å². The minimum absolute atomic E-state index is 0.0308. The maximum atomic E-state index is 11.9. The highest BCUT2D eigenvalue weighted by Gasteiger charge is 2.34. The predicted molar refractivity (Wildman–Crippen MR) is 74.1 cm³/mol. The summed E-state index contributed by atoms with van der Waals surface area (Å²) in [5.41, 5.74) is 0.835. The largest absolute Gasteiger partial charge is 0.388 e. The van der Waals surface area contributed by atoms with Gasteiger partial charge in [0.1, 0.15) is 5.69 Å². The molecule has 1 aromatic rings. The highest BCUT2D eigenvalue weighted by Crippen LogP contribution is 2.30. The monoisotopic (exact) mass is 262 g/mol. The van der Waals surface area contributed by atoms with E-state index in [0.29, 0.717) is 12.2 Å². The van der Waals surface area contributed by atoms with E-state index in [0.717, 1.165) is 24.8 Å². The van der Waals surface area contributed by atoms with Gasteiger partial charge in [-0.3, -0.25) is 9.78 Å². The van der Waals surface area contributed by atoms with Crippen LogP contribution in [0.15, 0.2) is 18.3 Å². The molecule has 1 amide bonds. The second-order valence-electron chi connectivity index (χ2n) is 6.44. The molecule has 2 rings (SSSR count). The van der Waals surface area contributed by atoms with Gasteiger partial charge in [0.05, 0.1) is 5.60 Å². The number of nitrogens with one attached hydrogen (secondary N) is 1. The van der Waals surface area contributed by atoms with Crippen LogP contribution in [0.3, 0.4) is 0 Å². The molecule has 4 heteroatoms. The molecule has 0 saturated heterocycles. The number of amides is 1. The predicted octanol–water partition coefficient (Wildman–Crippen LogP) is 2.02. The first kappa shape index (κ1) is 14.0. The number of carbonyl (C=O) groups excluding carboxylic acids is 1. The number of hydrogen-bond donors (Lipinski definition) is 2. The highest BCUT2D eigenvalue weighted by molar-refractivity contribution is 5.92. The van der Waals surface area contributed by atoms with Crippen LogP contribution >= 0.6 is 0 Å². The number of aromatic nitrogens is 1. The van der Waals surface area contributed by atoms with Crippen LogP contribution in [0.4, 0.5) is 0 Å². The lowest BCUT2D eigenvalue weighted by Crippen LogP contribution is -2.47. The van der Waals surface area contributed by atoms with Gasteiger partial charge in [-0.05, 0) is 36.3 Å². The minimum Gasteiger partial charge on any atom is -0.388 e. The van der Waals surface area contributed by atoms with Gasteiger partial charge in [0, 0.05) is 12.7 Å². The second kappa shape index (κ2) is 4.93. The van der Waals surface area contributed by atoms with Crippen molar-refractivity contribution in [1.82, 2.24) is 10.3 Å². The van der Waals surface area contributed by atoms with Crippen LogP contribution in [-0.2, 0) is 5.41 Å². The van der Waals surface area contributed by atoms with Gasteiger partial charge in [-0.2, -0.15) is 0 Å². The topological polar surface area (TPSA) is 62.2 Å². The summed E-state index contributed by atoms with van der Waals surface area (Å²) in [6.07, 6.45) is 4.31. The Kier molecular flexibility index (Phi) is 3.63. The molecule has 1 aromatic heterocycles. The van der Waals surface area contributed by atoms with Crippen LogP contribution in [0.25, 0.3) is 0 Å². The first-order valence-corrected chi connectivity index (χ1v) is 6.77. The van der Waals surface area contributed by atoms with E-state index in [1.54, 1.807) is 12.3 Å². The zero-order chi connectivity index (χ0) is 14.1. The number of aliphatic hydroxyl groups is 1. The van der Waals surface area contributed by atoms with E-state index >= 15 is 0 Å². The van der Waals surface area contributed by atoms with Crippen molar-refractivity contribution in [1.29, 1.82) is 0 Å². The van der Waals surface area contributed by atoms with E-state index in [1.807, 2.05) is 6.07 Å². The number of nitrogens with zero attached hydrogens (tertiary/aromatic N) is 1. The number of rotatable bonds is 3. The third-order valence-corrected chi connectivity index (χ3v) is 3.72. The normalized spacial score (nSPS) is 17.7. The van der Waals surface area contributed by atoms with E-state index in [1.165, 1.54) is 0 Å². The van der Waals surface area contributed by atoms with Gasteiger partial charge < -0.3 is 10.4 Å². The Hall–Kier alpha value is -1.42. The van der Waals surface area contributed by atoms with Gasteiger partial charge in [0.25, 0.3) is 5.91 Å². The standard InChI is InChI=1S/C15H22N2O2/c1-14(2,3)11-5-6-12(16-9-11)13(18)17-10-15(19)7-4-8-15/h5-6,9,19H,4,7-8,10H2,1-3H3,(H,17,18). The molecule has 0 unspecified atom stereocenters. The molecule has 4 nitrogen and oxygen atoms in total. The molecule has 2 N–H and O–H groups in total. The summed E-state index contributed by atoms with van der Waals surface area (Å²) in [6.45, 7) is 6.64. The van der Waals surface area contributed by atoms with E-state index in [-0.39, 0.29) is 11.3 Å². The Bertz CT molecular complexity index is 456. The molecular formula is C15H22N2O2. The van der Waals surface area contributed by atoms with Crippen molar-refractivity contribution in [2.24, 2.45) is 0 Å². The average Bonchev–Trinajstić information content (AvgIpc) is 2.33. The van der Waals surface area contributed by atoms with Crippen LogP contribution in [0.5, 0.6) is 0 Å². The van der Waals surface area contributed by atoms with E-state index in [4.69, 9.17) is 0 Å². The van der Waals surface area contributed by atoms with Gasteiger partial charge in [-0.15, -0.1) is 0 Å². The highest BCUT2D eigenvalue weighted by atomic mass is 16.3. The third kappa shape index (κ3) is 3.32. The van der Waals surface area contributed by atoms with Crippen molar-refractivity contribution in [2.75, 3.05) is 6.54 Å². The molecule has 0 aliphatic heterocycles. The summed E-state index contributed by atoms with van der Waals surface area (Å²) < 4.78 is 0. The lowest BCUT2D eigenvalue weighted by molar-refractivity contribution is -0.0300. The molecule has 0 bridgehead atoms. The molecule has 1 saturated carbocycles. The molecule has 1 aliphatic rings. The molecule has 1 fully saturated rings. The number of pyridine rings is 1.